The summed E-state index contributed by atoms with van der Waals surface area (Å²) in [5.74, 6) is 0.452. The lowest BCUT2D eigenvalue weighted by Gasteiger charge is -2.24. The molecule has 0 unspecified atom stereocenters. The van der Waals surface area contributed by atoms with E-state index in [9.17, 15) is 15.0 Å². The Bertz CT molecular complexity index is 865. The highest BCUT2D eigenvalue weighted by Crippen LogP contribution is 2.20. The van der Waals surface area contributed by atoms with Gasteiger partial charge in [0, 0.05) is 12.7 Å². The van der Waals surface area contributed by atoms with Crippen molar-refractivity contribution in [2.24, 2.45) is 0 Å². The van der Waals surface area contributed by atoms with Crippen molar-refractivity contribution >= 4 is 5.91 Å². The number of pyridine rings is 1. The first-order valence-electron chi connectivity index (χ1n) is 8.15. The molecule has 0 aliphatic heterocycles. The number of aliphatic hydroxyl groups is 1. The van der Waals surface area contributed by atoms with Gasteiger partial charge in [0.05, 0.1) is 18.2 Å². The van der Waals surface area contributed by atoms with E-state index in [1.165, 1.54) is 35.9 Å². The highest BCUT2D eigenvalue weighted by atomic mass is 16.3. The average molecular weight is 353 g/mol. The summed E-state index contributed by atoms with van der Waals surface area (Å²) in [6.45, 7) is 2.39. The Morgan fingerprint density at radius 2 is 2.00 bits per heavy atom. The summed E-state index contributed by atoms with van der Waals surface area (Å²) in [4.78, 5) is 18.5. The molecule has 0 aliphatic carbocycles. The van der Waals surface area contributed by atoms with Crippen molar-refractivity contribution in [3.05, 3.63) is 66.4 Å². The first-order chi connectivity index (χ1) is 12.6. The van der Waals surface area contributed by atoms with Crippen LogP contribution in [0.15, 0.2) is 55.2 Å². The van der Waals surface area contributed by atoms with Crippen molar-refractivity contribution in [1.29, 1.82) is 0 Å². The zero-order chi connectivity index (χ0) is 18.5. The van der Waals surface area contributed by atoms with E-state index < -0.39 is 6.10 Å². The molecule has 2 N–H and O–H groups in total. The van der Waals surface area contributed by atoms with Crippen LogP contribution in [0, 0.1) is 0 Å². The second-order valence-corrected chi connectivity index (χ2v) is 5.73. The Labute approximate surface area is 150 Å². The molecule has 8 heteroatoms. The van der Waals surface area contributed by atoms with Gasteiger partial charge in [-0.15, -0.1) is 10.2 Å². The van der Waals surface area contributed by atoms with Crippen LogP contribution in [-0.4, -0.2) is 53.9 Å². The number of hydrogen-bond donors (Lipinski definition) is 2. The van der Waals surface area contributed by atoms with Gasteiger partial charge in [0.15, 0.2) is 0 Å². The maximum atomic E-state index is 12.7. The van der Waals surface area contributed by atoms with Gasteiger partial charge < -0.3 is 15.1 Å². The molecule has 0 saturated carbocycles. The molecule has 0 fully saturated rings. The molecule has 2 heterocycles. The van der Waals surface area contributed by atoms with Crippen molar-refractivity contribution in [3.8, 4) is 11.6 Å². The molecular weight excluding hydrogens is 334 g/mol. The molecule has 1 amide bonds. The largest absolute Gasteiger partial charge is 0.508 e. The molecule has 0 spiro atoms. The van der Waals surface area contributed by atoms with Crippen LogP contribution in [0.2, 0.25) is 0 Å². The maximum absolute atomic E-state index is 12.7. The number of phenols is 1. The molecule has 0 aliphatic rings. The second-order valence-electron chi connectivity index (χ2n) is 5.73. The number of nitrogens with zero attached hydrogens (tertiary/aromatic N) is 5. The fourth-order valence-electron chi connectivity index (χ4n) is 2.57. The predicted molar refractivity (Wildman–Crippen MR) is 93.8 cm³/mol. The number of amides is 1. The van der Waals surface area contributed by atoms with E-state index in [1.807, 2.05) is 6.92 Å². The Morgan fingerprint density at radius 1 is 1.23 bits per heavy atom. The molecular formula is C18H19N5O3. The van der Waals surface area contributed by atoms with Crippen molar-refractivity contribution in [1.82, 2.24) is 24.6 Å². The Morgan fingerprint density at radius 3 is 2.62 bits per heavy atom. The standard InChI is InChI=1S/C18H19N5O3/c1-2-22(10-16(25)13-4-3-5-15(24)8-13)18(26)14-6-7-17(19-9-14)23-11-20-21-12-23/h3-9,11-12,16,24-25H,2,10H2,1H3/t16-/m0/s1. The van der Waals surface area contributed by atoms with E-state index in [2.05, 4.69) is 15.2 Å². The van der Waals surface area contributed by atoms with Gasteiger partial charge in [0.25, 0.3) is 5.91 Å². The molecule has 0 radical (unpaired) electrons. The minimum atomic E-state index is -0.893. The lowest BCUT2D eigenvalue weighted by atomic mass is 10.1. The number of carbonyl (C=O) groups excluding carboxylic acids is 1. The number of likely N-dealkylation sites (N-methyl/N-ethyl adjacent to an activating group) is 1. The van der Waals surface area contributed by atoms with Crippen molar-refractivity contribution in [2.75, 3.05) is 13.1 Å². The summed E-state index contributed by atoms with van der Waals surface area (Å²) in [5, 5.41) is 27.3. The van der Waals surface area contributed by atoms with E-state index >= 15 is 0 Å². The van der Waals surface area contributed by atoms with Crippen LogP contribution in [0.5, 0.6) is 5.75 Å². The minimum absolute atomic E-state index is 0.0738. The topological polar surface area (TPSA) is 104 Å². The zero-order valence-corrected chi connectivity index (χ0v) is 14.2. The Kier molecular flexibility index (Phi) is 5.23. The number of rotatable bonds is 6. The molecule has 3 aromatic rings. The SMILES string of the molecule is CCN(C[C@H](O)c1cccc(O)c1)C(=O)c1ccc(-n2cnnc2)nc1. The molecule has 0 bridgehead atoms. The van der Waals surface area contributed by atoms with Gasteiger partial charge in [-0.05, 0) is 36.8 Å². The third-order valence-electron chi connectivity index (χ3n) is 4.00. The Balaban J connectivity index is 1.72. The lowest BCUT2D eigenvalue weighted by molar-refractivity contribution is 0.0634. The molecule has 0 saturated heterocycles. The predicted octanol–water partition coefficient (Wildman–Crippen LogP) is 1.56. The quantitative estimate of drug-likeness (QED) is 0.697. The van der Waals surface area contributed by atoms with Crippen LogP contribution in [-0.2, 0) is 0 Å². The molecule has 1 aromatic carbocycles. The van der Waals surface area contributed by atoms with E-state index in [0.717, 1.165) is 0 Å². The first kappa shape index (κ1) is 17.6. The van der Waals surface area contributed by atoms with Crippen LogP contribution in [0.4, 0.5) is 0 Å². The zero-order valence-electron chi connectivity index (χ0n) is 14.2. The summed E-state index contributed by atoms with van der Waals surface area (Å²) in [6.07, 6.45) is 3.64. The third-order valence-corrected chi connectivity index (χ3v) is 4.00. The van der Waals surface area contributed by atoms with Crippen LogP contribution in [0.3, 0.4) is 0 Å². The molecule has 1 atom stereocenters. The maximum Gasteiger partial charge on any atom is 0.255 e. The highest BCUT2D eigenvalue weighted by Gasteiger charge is 2.19. The number of hydrogen-bond acceptors (Lipinski definition) is 6. The lowest BCUT2D eigenvalue weighted by Crippen LogP contribution is -2.34. The van der Waals surface area contributed by atoms with Crippen molar-refractivity contribution in [3.63, 3.8) is 0 Å². The van der Waals surface area contributed by atoms with E-state index in [-0.39, 0.29) is 18.2 Å². The highest BCUT2D eigenvalue weighted by molar-refractivity contribution is 5.94. The number of aromatic nitrogens is 4. The van der Waals surface area contributed by atoms with Gasteiger partial charge in [-0.1, -0.05) is 12.1 Å². The van der Waals surface area contributed by atoms with Crippen LogP contribution < -0.4 is 0 Å². The molecule has 26 heavy (non-hydrogen) atoms. The monoisotopic (exact) mass is 353 g/mol. The fraction of sp³-hybridized carbons (Fsp3) is 0.222. The summed E-state index contributed by atoms with van der Waals surface area (Å²) >= 11 is 0. The molecule has 2 aromatic heterocycles. The number of benzene rings is 1. The van der Waals surface area contributed by atoms with Gasteiger partial charge in [0.1, 0.15) is 24.2 Å². The summed E-state index contributed by atoms with van der Waals surface area (Å²) in [5.41, 5.74) is 0.976. The van der Waals surface area contributed by atoms with Gasteiger partial charge in [-0.25, -0.2) is 4.98 Å². The molecule has 134 valence electrons. The van der Waals surface area contributed by atoms with Gasteiger partial charge in [-0.3, -0.25) is 9.36 Å². The normalized spacial score (nSPS) is 11.9. The van der Waals surface area contributed by atoms with E-state index in [1.54, 1.807) is 28.8 Å². The molecule has 8 nitrogen and oxygen atoms in total. The van der Waals surface area contributed by atoms with Crippen molar-refractivity contribution < 1.29 is 15.0 Å². The van der Waals surface area contributed by atoms with Crippen LogP contribution in [0.1, 0.15) is 28.9 Å². The summed E-state index contributed by atoms with van der Waals surface area (Å²) in [6, 6.07) is 9.75. The third kappa shape index (κ3) is 3.86. The number of aliphatic hydroxyl groups excluding tert-OH is 1. The van der Waals surface area contributed by atoms with Crippen LogP contribution >= 0.6 is 0 Å². The van der Waals surface area contributed by atoms with Crippen molar-refractivity contribution in [2.45, 2.75) is 13.0 Å². The van der Waals surface area contributed by atoms with E-state index in [4.69, 9.17) is 0 Å². The van der Waals surface area contributed by atoms with Gasteiger partial charge >= 0.3 is 0 Å². The first-order valence-corrected chi connectivity index (χ1v) is 8.15. The second kappa shape index (κ2) is 7.75. The average Bonchev–Trinajstić information content (AvgIpc) is 3.20. The van der Waals surface area contributed by atoms with E-state index in [0.29, 0.717) is 23.5 Å². The Hall–Kier alpha value is -3.26. The number of carbonyl (C=O) groups is 1. The van der Waals surface area contributed by atoms with Gasteiger partial charge in [-0.2, -0.15) is 0 Å². The van der Waals surface area contributed by atoms with Crippen LogP contribution in [0.25, 0.3) is 5.82 Å². The number of phenolic OH excluding ortho intramolecular Hbond substituents is 1. The fourth-order valence-corrected chi connectivity index (χ4v) is 2.57. The summed E-state index contributed by atoms with van der Waals surface area (Å²) < 4.78 is 1.64. The van der Waals surface area contributed by atoms with Gasteiger partial charge in [0.2, 0.25) is 0 Å². The summed E-state index contributed by atoms with van der Waals surface area (Å²) in [7, 11) is 0. The minimum Gasteiger partial charge on any atom is -0.508 e. The molecule has 3 rings (SSSR count). The smallest absolute Gasteiger partial charge is 0.255 e. The number of aromatic hydroxyl groups is 1.